The molecule has 1 heterocycles. The van der Waals surface area contributed by atoms with Gasteiger partial charge in [-0.25, -0.2) is 4.39 Å². The van der Waals surface area contributed by atoms with E-state index in [4.69, 9.17) is 9.15 Å². The van der Waals surface area contributed by atoms with Crippen molar-refractivity contribution in [3.63, 3.8) is 0 Å². The molecule has 0 unspecified atom stereocenters. The van der Waals surface area contributed by atoms with Crippen LogP contribution in [-0.2, 0) is 6.42 Å². The number of rotatable bonds is 6. The molecule has 1 N–H and O–H groups in total. The maximum Gasteiger partial charge on any atom is 0.250 e. The molecule has 0 spiro atoms. The van der Waals surface area contributed by atoms with Crippen LogP contribution in [0.4, 0.5) is 4.39 Å². The van der Waals surface area contributed by atoms with Crippen LogP contribution in [0.5, 0.6) is 5.75 Å². The molecular formula is C13H16FN3O2. The second-order valence-electron chi connectivity index (χ2n) is 3.95. The van der Waals surface area contributed by atoms with E-state index in [9.17, 15) is 4.39 Å². The minimum Gasteiger partial charge on any atom is -0.497 e. The summed E-state index contributed by atoms with van der Waals surface area (Å²) in [6, 6.07) is 4.51. The molecule has 0 atom stereocenters. The maximum atomic E-state index is 13.8. The molecule has 0 radical (unpaired) electrons. The Morgan fingerprint density at radius 3 is 2.89 bits per heavy atom. The van der Waals surface area contributed by atoms with Gasteiger partial charge in [0, 0.05) is 19.0 Å². The van der Waals surface area contributed by atoms with E-state index in [1.807, 2.05) is 6.92 Å². The number of likely N-dealkylation sites (N-methyl/N-ethyl adjacent to an activating group) is 1. The highest BCUT2D eigenvalue weighted by atomic mass is 19.1. The average Bonchev–Trinajstić information content (AvgIpc) is 2.87. The van der Waals surface area contributed by atoms with Crippen LogP contribution < -0.4 is 10.1 Å². The topological polar surface area (TPSA) is 60.2 Å². The maximum absolute atomic E-state index is 13.8. The molecule has 0 bridgehead atoms. The molecule has 0 aliphatic carbocycles. The number of hydrogen-bond donors (Lipinski definition) is 1. The van der Waals surface area contributed by atoms with Gasteiger partial charge in [-0.05, 0) is 18.7 Å². The zero-order valence-electron chi connectivity index (χ0n) is 10.9. The summed E-state index contributed by atoms with van der Waals surface area (Å²) in [5, 5.41) is 10.9. The van der Waals surface area contributed by atoms with Crippen molar-refractivity contribution in [1.82, 2.24) is 15.5 Å². The number of hydrogen-bond acceptors (Lipinski definition) is 5. The lowest BCUT2D eigenvalue weighted by molar-refractivity contribution is 0.411. The van der Waals surface area contributed by atoms with Crippen molar-refractivity contribution >= 4 is 0 Å². The van der Waals surface area contributed by atoms with Gasteiger partial charge in [-0.15, -0.1) is 10.2 Å². The fourth-order valence-electron chi connectivity index (χ4n) is 1.63. The monoisotopic (exact) mass is 265 g/mol. The molecule has 0 saturated heterocycles. The molecule has 0 aliphatic heterocycles. The van der Waals surface area contributed by atoms with Crippen LogP contribution in [0.3, 0.4) is 0 Å². The summed E-state index contributed by atoms with van der Waals surface area (Å²) in [6.45, 7) is 3.66. The van der Waals surface area contributed by atoms with Crippen LogP contribution in [-0.4, -0.2) is 30.4 Å². The van der Waals surface area contributed by atoms with Gasteiger partial charge in [0.05, 0.1) is 12.7 Å². The zero-order chi connectivity index (χ0) is 13.7. The lowest BCUT2D eigenvalue weighted by Crippen LogP contribution is -2.16. The molecule has 5 nitrogen and oxygen atoms in total. The minimum atomic E-state index is -0.443. The first-order chi connectivity index (χ1) is 9.24. The number of benzene rings is 1. The molecule has 6 heteroatoms. The number of ether oxygens (including phenoxy) is 1. The molecular weight excluding hydrogens is 249 g/mol. The van der Waals surface area contributed by atoms with Gasteiger partial charge in [0.2, 0.25) is 5.89 Å². The Morgan fingerprint density at radius 1 is 1.37 bits per heavy atom. The van der Waals surface area contributed by atoms with E-state index < -0.39 is 5.82 Å². The Kier molecular flexibility index (Phi) is 4.46. The first kappa shape index (κ1) is 13.5. The summed E-state index contributed by atoms with van der Waals surface area (Å²) < 4.78 is 24.2. The highest BCUT2D eigenvalue weighted by Crippen LogP contribution is 2.25. The molecule has 2 rings (SSSR count). The van der Waals surface area contributed by atoms with Crippen molar-refractivity contribution < 1.29 is 13.5 Å². The van der Waals surface area contributed by atoms with Crippen LogP contribution in [0.1, 0.15) is 12.8 Å². The molecule has 0 aliphatic rings. The second-order valence-corrected chi connectivity index (χ2v) is 3.95. The molecule has 1 aromatic heterocycles. The SMILES string of the molecule is CCNCCc1nnc(-c2ccc(OC)cc2F)o1. The van der Waals surface area contributed by atoms with Crippen LogP contribution in [0.2, 0.25) is 0 Å². The van der Waals surface area contributed by atoms with Gasteiger partial charge in [-0.2, -0.15) is 0 Å². The normalized spacial score (nSPS) is 10.7. The van der Waals surface area contributed by atoms with Gasteiger partial charge in [-0.1, -0.05) is 6.92 Å². The fourth-order valence-corrected chi connectivity index (χ4v) is 1.63. The number of methoxy groups -OCH3 is 1. The molecule has 0 amide bonds. The molecule has 19 heavy (non-hydrogen) atoms. The summed E-state index contributed by atoms with van der Waals surface area (Å²) in [5.41, 5.74) is 0.281. The van der Waals surface area contributed by atoms with Crippen molar-refractivity contribution in [3.05, 3.63) is 29.9 Å². The smallest absolute Gasteiger partial charge is 0.250 e. The Morgan fingerprint density at radius 2 is 2.21 bits per heavy atom. The van der Waals surface area contributed by atoms with Gasteiger partial charge >= 0.3 is 0 Å². The molecule has 2 aromatic rings. The summed E-state index contributed by atoms with van der Waals surface area (Å²) in [4.78, 5) is 0. The van der Waals surface area contributed by atoms with Crippen molar-refractivity contribution in [1.29, 1.82) is 0 Å². The minimum absolute atomic E-state index is 0.187. The first-order valence-corrected chi connectivity index (χ1v) is 6.11. The number of nitrogens with one attached hydrogen (secondary N) is 1. The highest BCUT2D eigenvalue weighted by molar-refractivity contribution is 5.55. The number of nitrogens with zero attached hydrogens (tertiary/aromatic N) is 2. The predicted molar refractivity (Wildman–Crippen MR) is 68.5 cm³/mol. The highest BCUT2D eigenvalue weighted by Gasteiger charge is 2.13. The average molecular weight is 265 g/mol. The summed E-state index contributed by atoms with van der Waals surface area (Å²) in [7, 11) is 1.49. The van der Waals surface area contributed by atoms with Gasteiger partial charge in [-0.3, -0.25) is 0 Å². The van der Waals surface area contributed by atoms with Crippen LogP contribution in [0.25, 0.3) is 11.5 Å². The van der Waals surface area contributed by atoms with Gasteiger partial charge < -0.3 is 14.5 Å². The zero-order valence-corrected chi connectivity index (χ0v) is 10.9. The third-order valence-electron chi connectivity index (χ3n) is 2.64. The Bertz CT molecular complexity index is 542. The van der Waals surface area contributed by atoms with E-state index in [1.54, 1.807) is 12.1 Å². The molecule has 0 fully saturated rings. The van der Waals surface area contributed by atoms with E-state index in [1.165, 1.54) is 13.2 Å². The Balaban J connectivity index is 2.13. The van der Waals surface area contributed by atoms with E-state index in [2.05, 4.69) is 15.5 Å². The van der Waals surface area contributed by atoms with Crippen LogP contribution >= 0.6 is 0 Å². The molecule has 1 aromatic carbocycles. The predicted octanol–water partition coefficient (Wildman–Crippen LogP) is 2.04. The number of halogens is 1. The van der Waals surface area contributed by atoms with Gasteiger partial charge in [0.1, 0.15) is 11.6 Å². The van der Waals surface area contributed by atoms with Crippen LogP contribution in [0.15, 0.2) is 22.6 Å². The summed E-state index contributed by atoms with van der Waals surface area (Å²) in [5.74, 6) is 0.687. The first-order valence-electron chi connectivity index (χ1n) is 6.11. The van der Waals surface area contributed by atoms with Crippen molar-refractivity contribution in [2.24, 2.45) is 0 Å². The van der Waals surface area contributed by atoms with Crippen molar-refractivity contribution in [3.8, 4) is 17.2 Å². The largest absolute Gasteiger partial charge is 0.497 e. The van der Waals surface area contributed by atoms with Crippen LogP contribution in [0, 0.1) is 5.82 Å². The van der Waals surface area contributed by atoms with Gasteiger partial charge in [0.15, 0.2) is 0 Å². The van der Waals surface area contributed by atoms with Gasteiger partial charge in [0.25, 0.3) is 5.89 Å². The number of aromatic nitrogens is 2. The van der Waals surface area contributed by atoms with Crippen molar-refractivity contribution in [2.75, 3.05) is 20.2 Å². The second kappa shape index (κ2) is 6.29. The summed E-state index contributed by atoms with van der Waals surface area (Å²) >= 11 is 0. The summed E-state index contributed by atoms with van der Waals surface area (Å²) in [6.07, 6.45) is 0.624. The van der Waals surface area contributed by atoms with E-state index in [0.29, 0.717) is 18.1 Å². The fraction of sp³-hybridized carbons (Fsp3) is 0.385. The van der Waals surface area contributed by atoms with Crippen molar-refractivity contribution in [2.45, 2.75) is 13.3 Å². The van der Waals surface area contributed by atoms with E-state index in [0.717, 1.165) is 13.1 Å². The lowest BCUT2D eigenvalue weighted by atomic mass is 10.2. The third kappa shape index (κ3) is 3.29. The Hall–Kier alpha value is -1.95. The standard InChI is InChI=1S/C13H16FN3O2/c1-3-15-7-6-12-16-17-13(19-12)10-5-4-9(18-2)8-11(10)14/h4-5,8,15H,3,6-7H2,1-2H3. The molecule has 102 valence electrons. The Labute approximate surface area is 110 Å². The van der Waals surface area contributed by atoms with E-state index in [-0.39, 0.29) is 11.5 Å². The molecule has 0 saturated carbocycles. The lowest BCUT2D eigenvalue weighted by Gasteiger charge is -2.01. The quantitative estimate of drug-likeness (QED) is 0.810. The third-order valence-corrected chi connectivity index (χ3v) is 2.64. The van der Waals surface area contributed by atoms with E-state index >= 15 is 0 Å².